The monoisotopic (exact) mass is 326 g/mol. The van der Waals surface area contributed by atoms with Crippen molar-refractivity contribution in [1.29, 1.82) is 0 Å². The Hall–Kier alpha value is 2.94. The van der Waals surface area contributed by atoms with Crippen molar-refractivity contribution in [2.24, 2.45) is 0 Å². The Kier molecular flexibility index (Phi) is 139. The molecular weight excluding hydrogens is 324 g/mol. The Bertz CT molecular complexity index is 17.7. The van der Waals surface area contributed by atoms with Crippen molar-refractivity contribution in [3.05, 3.63) is 0 Å². The molecule has 1 radical (unpaired) electrons. The summed E-state index contributed by atoms with van der Waals surface area (Å²) < 4.78 is 8.06. The Labute approximate surface area is 104 Å². The fourth-order valence-corrected chi connectivity index (χ4v) is 0. The van der Waals surface area contributed by atoms with Crippen LogP contribution in [0.15, 0.2) is 0 Å². The van der Waals surface area contributed by atoms with Crippen LogP contribution in [0.1, 0.15) is 2.85 Å². The van der Waals surface area contributed by atoms with Crippen molar-refractivity contribution < 1.29 is 57.1 Å². The van der Waals surface area contributed by atoms with Crippen molar-refractivity contribution in [3.63, 3.8) is 0 Å². The maximum atomic E-state index is 8.06. The summed E-state index contributed by atoms with van der Waals surface area (Å²) in [4.78, 5) is 0. The van der Waals surface area contributed by atoms with Gasteiger partial charge < -0.3 is 2.85 Å². The summed E-state index contributed by atoms with van der Waals surface area (Å²) in [5.41, 5.74) is 0. The van der Waals surface area contributed by atoms with E-state index in [1.807, 2.05) is 0 Å². The molecule has 0 aromatic carbocycles. The van der Waals surface area contributed by atoms with Crippen LogP contribution in [-0.2, 0) is 54.2 Å². The molecule has 0 saturated heterocycles. The zero-order chi connectivity index (χ0) is 2.00. The third kappa shape index (κ3) is 19.6. The van der Waals surface area contributed by atoms with Gasteiger partial charge >= 0.3 is 68.7 Å². The molecule has 0 aliphatic heterocycles. The van der Waals surface area contributed by atoms with Crippen molar-refractivity contribution >= 4 is 48.9 Å². The first-order chi connectivity index (χ1) is 1.00. The van der Waals surface area contributed by atoms with E-state index in [1.54, 1.807) is 15.9 Å². The van der Waals surface area contributed by atoms with E-state index in [4.69, 9.17) is 3.83 Å². The van der Waals surface area contributed by atoms with Crippen LogP contribution in [0.2, 0.25) is 0 Å². The summed E-state index contributed by atoms with van der Waals surface area (Å²) in [7, 11) is 0. The Morgan fingerprint density at radius 1 is 1.40 bits per heavy atom. The first-order valence-electron chi connectivity index (χ1n) is 0.154. The zero-order valence-electron chi connectivity index (χ0n) is 4.20. The van der Waals surface area contributed by atoms with Gasteiger partial charge in [0.1, 0.15) is 0 Å². The Morgan fingerprint density at radius 2 is 1.40 bits per heavy atom. The predicted molar refractivity (Wildman–Crippen MR) is 8.66 cm³/mol. The van der Waals surface area contributed by atoms with Crippen molar-refractivity contribution in [2.45, 2.75) is 0 Å². The van der Waals surface area contributed by atoms with Gasteiger partial charge in [-0.25, -0.2) is 0 Å². The van der Waals surface area contributed by atoms with Crippen LogP contribution in [0, 0.1) is 0 Å². The van der Waals surface area contributed by atoms with Crippen LogP contribution >= 0.6 is 0 Å². The maximum absolute atomic E-state index is 8.06. The summed E-state index contributed by atoms with van der Waals surface area (Å²) in [5, 5.41) is 0. The van der Waals surface area contributed by atoms with Crippen molar-refractivity contribution in [3.8, 4) is 0 Å². The quantitative estimate of drug-likeness (QED) is 0.560. The predicted octanol–water partition coefficient (Wildman–Crippen LogP) is -0.282. The molecule has 0 bridgehead atoms. The van der Waals surface area contributed by atoms with Gasteiger partial charge in [-0.1, -0.05) is 0 Å². The molecule has 0 unspecified atom stereocenters. The molecule has 0 aromatic heterocycles. The first-order valence-corrected chi connectivity index (χ1v) is 0.636. The van der Waals surface area contributed by atoms with Gasteiger partial charge in [0.25, 0.3) is 0 Å². The minimum absolute atomic E-state index is 0. The molecule has 0 fully saturated rings. The molecule has 5 heavy (non-hydrogen) atoms. The molecule has 0 aliphatic carbocycles. The average molecular weight is 326 g/mol. The summed E-state index contributed by atoms with van der Waals surface area (Å²) in [6.07, 6.45) is 0. The summed E-state index contributed by atoms with van der Waals surface area (Å²) in [5.74, 6) is 0. The van der Waals surface area contributed by atoms with Gasteiger partial charge in [0, 0.05) is 34.4 Å². The molecule has 1 nitrogen and oxygen atoms in total. The van der Waals surface area contributed by atoms with Gasteiger partial charge in [-0.15, -0.1) is 0 Å². The summed E-state index contributed by atoms with van der Waals surface area (Å²) in [6.45, 7) is 0. The van der Waals surface area contributed by atoms with Crippen molar-refractivity contribution in [1.82, 2.24) is 0 Å². The van der Waals surface area contributed by atoms with E-state index in [1.165, 1.54) is 0 Å². The molecule has 0 heterocycles. The second kappa shape index (κ2) is 28.3. The number of rotatable bonds is 0. The first kappa shape index (κ1) is 24.6. The SMILES string of the molecule is [Ba+2].[Cr].[Cu].[H-].[H-].[O]=[Mn]. The average Bonchev–Trinajstić information content (AvgIpc) is 1.00. The molecule has 0 rings (SSSR count). The van der Waals surface area contributed by atoms with Gasteiger partial charge in [0.05, 0.1) is 0 Å². The van der Waals surface area contributed by atoms with Gasteiger partial charge in [0.2, 0.25) is 0 Å². The topological polar surface area (TPSA) is 17.1 Å². The van der Waals surface area contributed by atoms with Crippen LogP contribution in [-0.4, -0.2) is 48.9 Å². The molecule has 0 saturated carbocycles. The molecule has 0 amide bonds. The van der Waals surface area contributed by atoms with E-state index in [2.05, 4.69) is 0 Å². The number of hydrogen-bond donors (Lipinski definition) is 0. The van der Waals surface area contributed by atoms with Gasteiger partial charge in [-0.05, 0) is 0 Å². The zero-order valence-corrected chi connectivity index (χ0v) is 10.0. The van der Waals surface area contributed by atoms with Crippen LogP contribution in [0.3, 0.4) is 0 Å². The molecule has 0 N–H and O–H groups in total. The third-order valence-electron chi connectivity index (χ3n) is 0. The third-order valence-corrected chi connectivity index (χ3v) is 0. The molecule has 0 aliphatic rings. The molecular formula is H2BaCrCuMnO. The van der Waals surface area contributed by atoms with E-state index in [-0.39, 0.29) is 86.2 Å². The van der Waals surface area contributed by atoms with Gasteiger partial charge in [0.15, 0.2) is 0 Å². The van der Waals surface area contributed by atoms with Crippen LogP contribution in [0.4, 0.5) is 0 Å². The van der Waals surface area contributed by atoms with E-state index >= 15 is 0 Å². The van der Waals surface area contributed by atoms with E-state index in [9.17, 15) is 0 Å². The van der Waals surface area contributed by atoms with Crippen LogP contribution in [0.5, 0.6) is 0 Å². The van der Waals surface area contributed by atoms with Crippen LogP contribution < -0.4 is 0 Å². The molecule has 34 valence electrons. The number of hydrogen-bond acceptors (Lipinski definition) is 1. The summed E-state index contributed by atoms with van der Waals surface area (Å²) in [6, 6.07) is 0. The molecule has 0 spiro atoms. The fourth-order valence-electron chi connectivity index (χ4n) is 0. The second-order valence-electron chi connectivity index (χ2n) is 0. The Morgan fingerprint density at radius 3 is 1.40 bits per heavy atom. The van der Waals surface area contributed by atoms with Gasteiger partial charge in [-0.3, -0.25) is 0 Å². The van der Waals surface area contributed by atoms with E-state index in [0.717, 1.165) is 0 Å². The van der Waals surface area contributed by atoms with Gasteiger partial charge in [-0.2, -0.15) is 0 Å². The fraction of sp³-hybridized carbons (Fsp3) is 0. The normalized spacial score (nSPS) is 0.800. The minimum atomic E-state index is 0. The molecule has 0 aromatic rings. The summed E-state index contributed by atoms with van der Waals surface area (Å²) >= 11 is 1.69. The van der Waals surface area contributed by atoms with E-state index in [0.29, 0.717) is 0 Å². The van der Waals surface area contributed by atoms with Crippen molar-refractivity contribution in [2.75, 3.05) is 0 Å². The van der Waals surface area contributed by atoms with E-state index < -0.39 is 0 Å². The second-order valence-corrected chi connectivity index (χ2v) is 0. The molecule has 0 atom stereocenters. The molecule has 5 heteroatoms. The van der Waals surface area contributed by atoms with Crippen LogP contribution in [0.25, 0.3) is 0 Å². The standard InChI is InChI=1S/Ba.Cr.Cu.Mn.O.2H/q+2;;;;;2*-1. The Balaban J connectivity index is -0.000000000500.